The van der Waals surface area contributed by atoms with Crippen molar-refractivity contribution in [1.82, 2.24) is 23.6 Å². The Hall–Kier alpha value is -3.43. The van der Waals surface area contributed by atoms with Gasteiger partial charge in [0.15, 0.2) is 11.5 Å². The number of fused-ring (bicyclic) bond motifs is 4. The zero-order valence-corrected chi connectivity index (χ0v) is 18.5. The van der Waals surface area contributed by atoms with Gasteiger partial charge in [0.2, 0.25) is 10.5 Å². The molecule has 5 rings (SSSR count). The number of para-hydroxylation sites is 1. The van der Waals surface area contributed by atoms with Gasteiger partial charge >= 0.3 is 0 Å². The van der Waals surface area contributed by atoms with E-state index in [9.17, 15) is 4.79 Å². The molecule has 0 saturated heterocycles. The fourth-order valence-electron chi connectivity index (χ4n) is 4.03. The maximum atomic E-state index is 13.0. The molecule has 2 aromatic carbocycles. The zero-order chi connectivity index (χ0) is 22.2. The summed E-state index contributed by atoms with van der Waals surface area (Å²) in [5.74, 6) is 2.05. The van der Waals surface area contributed by atoms with Gasteiger partial charge in [0, 0.05) is 13.1 Å². The molecule has 0 unspecified atom stereocenters. The van der Waals surface area contributed by atoms with E-state index in [1.807, 2.05) is 53.9 Å². The van der Waals surface area contributed by atoms with Gasteiger partial charge in [-0.25, -0.2) is 4.68 Å². The van der Waals surface area contributed by atoms with Crippen LogP contribution in [0, 0.1) is 4.77 Å². The molecule has 0 amide bonds. The highest BCUT2D eigenvalue weighted by Gasteiger charge is 2.16. The van der Waals surface area contributed by atoms with Crippen LogP contribution in [0.5, 0.6) is 11.5 Å². The predicted octanol–water partition coefficient (Wildman–Crippen LogP) is 3.23. The Balaban J connectivity index is 1.51. The van der Waals surface area contributed by atoms with Crippen molar-refractivity contribution in [3.8, 4) is 11.5 Å². The van der Waals surface area contributed by atoms with Gasteiger partial charge in [0.25, 0.3) is 5.56 Å². The lowest BCUT2D eigenvalue weighted by molar-refractivity contribution is 0.171. The van der Waals surface area contributed by atoms with E-state index in [1.165, 1.54) is 0 Å². The largest absolute Gasteiger partial charge is 0.486 e. The third-order valence-corrected chi connectivity index (χ3v) is 5.82. The van der Waals surface area contributed by atoms with E-state index in [-0.39, 0.29) is 5.56 Å². The molecule has 0 radical (unpaired) electrons. The first kappa shape index (κ1) is 20.5. The molecule has 164 valence electrons. The second kappa shape index (κ2) is 8.25. The Morgan fingerprint density at radius 3 is 2.78 bits per heavy atom. The van der Waals surface area contributed by atoms with Crippen molar-refractivity contribution >= 4 is 28.9 Å². The molecule has 0 spiro atoms. The second-order valence-corrected chi connectivity index (χ2v) is 8.14. The fraction of sp³-hybridized carbons (Fsp3) is 0.261. The molecule has 0 N–H and O–H groups in total. The summed E-state index contributed by atoms with van der Waals surface area (Å²) in [5, 5.41) is 5.30. The number of hydrogen-bond acceptors (Lipinski definition) is 6. The maximum Gasteiger partial charge on any atom is 0.263 e. The van der Waals surface area contributed by atoms with Crippen molar-refractivity contribution in [3.63, 3.8) is 0 Å². The molecule has 4 aromatic rings. The van der Waals surface area contributed by atoms with Gasteiger partial charge in [0.1, 0.15) is 13.2 Å². The number of ether oxygens (including phenoxy) is 2. The second-order valence-electron chi connectivity index (χ2n) is 7.77. The van der Waals surface area contributed by atoms with Gasteiger partial charge < -0.3 is 9.47 Å². The van der Waals surface area contributed by atoms with E-state index in [4.69, 9.17) is 26.8 Å². The van der Waals surface area contributed by atoms with Crippen LogP contribution in [0.25, 0.3) is 16.7 Å². The van der Waals surface area contributed by atoms with Crippen LogP contribution in [0.4, 0.5) is 0 Å². The number of benzene rings is 2. The minimum absolute atomic E-state index is 0.107. The highest BCUT2D eigenvalue weighted by Crippen LogP contribution is 2.31. The Kier molecular flexibility index (Phi) is 5.28. The monoisotopic (exact) mass is 449 g/mol. The maximum absolute atomic E-state index is 13.0. The smallest absolute Gasteiger partial charge is 0.263 e. The molecular weight excluding hydrogens is 426 g/mol. The van der Waals surface area contributed by atoms with Crippen molar-refractivity contribution in [2.24, 2.45) is 0 Å². The number of allylic oxidation sites excluding steroid dienone is 1. The quantitative estimate of drug-likeness (QED) is 0.333. The van der Waals surface area contributed by atoms with Crippen LogP contribution in [-0.4, -0.2) is 43.9 Å². The Labute approximate surface area is 189 Å². The van der Waals surface area contributed by atoms with Gasteiger partial charge in [-0.3, -0.25) is 18.7 Å². The third-order valence-electron chi connectivity index (χ3n) is 5.43. The van der Waals surface area contributed by atoms with Crippen LogP contribution in [0.1, 0.15) is 5.56 Å². The van der Waals surface area contributed by atoms with Crippen molar-refractivity contribution in [3.05, 3.63) is 75.8 Å². The summed E-state index contributed by atoms with van der Waals surface area (Å²) in [5.41, 5.74) is 1.74. The third kappa shape index (κ3) is 3.49. The highest BCUT2D eigenvalue weighted by atomic mass is 32.1. The molecule has 0 aliphatic carbocycles. The molecular formula is C23H23N5O3S. The van der Waals surface area contributed by atoms with Gasteiger partial charge in [-0.15, -0.1) is 11.7 Å². The number of rotatable bonds is 6. The van der Waals surface area contributed by atoms with Crippen LogP contribution in [0.15, 0.2) is 59.9 Å². The SMILES string of the molecule is C=CCn1c(=O)c2ccccc2n2c(=S)n(CN(C)Cc3ccc4c(c3)OCCO4)nc12. The summed E-state index contributed by atoms with van der Waals surface area (Å²) < 4.78 is 17.0. The average Bonchev–Trinajstić information content (AvgIpc) is 3.12. The summed E-state index contributed by atoms with van der Waals surface area (Å²) in [6.07, 6.45) is 1.69. The molecule has 2 aromatic heterocycles. The molecule has 3 heterocycles. The fourth-order valence-corrected chi connectivity index (χ4v) is 4.31. The minimum atomic E-state index is -0.107. The number of aromatic nitrogens is 4. The van der Waals surface area contributed by atoms with Crippen LogP contribution in [0.2, 0.25) is 0 Å². The average molecular weight is 450 g/mol. The molecule has 32 heavy (non-hydrogen) atoms. The Morgan fingerprint density at radius 1 is 1.19 bits per heavy atom. The van der Waals surface area contributed by atoms with E-state index in [0.29, 0.717) is 48.9 Å². The molecule has 0 atom stereocenters. The highest BCUT2D eigenvalue weighted by molar-refractivity contribution is 7.71. The number of hydrogen-bond donors (Lipinski definition) is 0. The molecule has 0 bridgehead atoms. The van der Waals surface area contributed by atoms with Crippen molar-refractivity contribution in [2.75, 3.05) is 20.3 Å². The summed E-state index contributed by atoms with van der Waals surface area (Å²) >= 11 is 5.76. The topological polar surface area (TPSA) is 65.9 Å². The number of nitrogens with zero attached hydrogens (tertiary/aromatic N) is 5. The summed E-state index contributed by atoms with van der Waals surface area (Å²) in [6, 6.07) is 13.4. The molecule has 0 fully saturated rings. The van der Waals surface area contributed by atoms with E-state index < -0.39 is 0 Å². The van der Waals surface area contributed by atoms with Gasteiger partial charge in [-0.2, -0.15) is 0 Å². The Bertz CT molecular complexity index is 1450. The summed E-state index contributed by atoms with van der Waals surface area (Å²) in [7, 11) is 2.00. The van der Waals surface area contributed by atoms with Crippen LogP contribution in [0.3, 0.4) is 0 Å². The zero-order valence-electron chi connectivity index (χ0n) is 17.7. The van der Waals surface area contributed by atoms with Gasteiger partial charge in [-0.1, -0.05) is 24.3 Å². The molecule has 0 saturated carbocycles. The van der Waals surface area contributed by atoms with E-state index in [1.54, 1.807) is 15.3 Å². The van der Waals surface area contributed by atoms with Crippen molar-refractivity contribution in [2.45, 2.75) is 19.8 Å². The van der Waals surface area contributed by atoms with E-state index in [2.05, 4.69) is 11.5 Å². The van der Waals surface area contributed by atoms with E-state index in [0.717, 1.165) is 22.6 Å². The first-order valence-corrected chi connectivity index (χ1v) is 10.8. The van der Waals surface area contributed by atoms with Gasteiger partial charge in [0.05, 0.1) is 17.6 Å². The predicted molar refractivity (Wildman–Crippen MR) is 125 cm³/mol. The molecule has 9 heteroatoms. The summed E-state index contributed by atoms with van der Waals surface area (Å²) in [4.78, 5) is 15.1. The molecule has 1 aliphatic rings. The van der Waals surface area contributed by atoms with E-state index >= 15 is 0 Å². The molecule has 8 nitrogen and oxygen atoms in total. The lowest BCUT2D eigenvalue weighted by atomic mass is 10.2. The molecule has 1 aliphatic heterocycles. The van der Waals surface area contributed by atoms with Crippen molar-refractivity contribution < 1.29 is 9.47 Å². The first-order valence-electron chi connectivity index (χ1n) is 10.4. The first-order chi connectivity index (χ1) is 15.6. The normalized spacial score (nSPS) is 13.2. The van der Waals surface area contributed by atoms with Gasteiger partial charge in [-0.05, 0) is 49.1 Å². The Morgan fingerprint density at radius 2 is 1.97 bits per heavy atom. The minimum Gasteiger partial charge on any atom is -0.486 e. The van der Waals surface area contributed by atoms with Crippen molar-refractivity contribution in [1.29, 1.82) is 0 Å². The van der Waals surface area contributed by atoms with Crippen LogP contribution >= 0.6 is 12.2 Å². The lowest BCUT2D eigenvalue weighted by Gasteiger charge is -2.21. The van der Waals surface area contributed by atoms with Crippen LogP contribution < -0.4 is 15.0 Å². The standard InChI is InChI=1S/C23H23N5O3S/c1-3-10-26-21(29)17-6-4-5-7-18(17)28-22(26)24-27(23(28)32)15-25(2)14-16-8-9-19-20(13-16)31-12-11-30-19/h3-9,13H,1,10-12,14-15H2,2H3. The lowest BCUT2D eigenvalue weighted by Crippen LogP contribution is -2.23. The van der Waals surface area contributed by atoms with Crippen LogP contribution in [-0.2, 0) is 19.8 Å². The summed E-state index contributed by atoms with van der Waals surface area (Å²) in [6.45, 7) is 6.40.